The van der Waals surface area contributed by atoms with Crippen molar-refractivity contribution in [2.45, 2.75) is 6.92 Å². The first-order valence-corrected chi connectivity index (χ1v) is 4.94. The molecule has 0 bridgehead atoms. The molecule has 0 fully saturated rings. The van der Waals surface area contributed by atoms with E-state index in [9.17, 15) is 4.39 Å². The zero-order valence-electron chi connectivity index (χ0n) is 8.83. The second kappa shape index (κ2) is 4.32. The lowest BCUT2D eigenvalue weighted by Gasteiger charge is -2.07. The van der Waals surface area contributed by atoms with Crippen LogP contribution in [0.3, 0.4) is 0 Å². The number of rotatable bonds is 3. The van der Waals surface area contributed by atoms with Gasteiger partial charge >= 0.3 is 0 Å². The van der Waals surface area contributed by atoms with Crippen molar-refractivity contribution in [1.29, 1.82) is 0 Å². The van der Waals surface area contributed by atoms with Crippen LogP contribution in [0, 0.1) is 5.82 Å². The van der Waals surface area contributed by atoms with Crippen LogP contribution in [0.5, 0.6) is 5.75 Å². The van der Waals surface area contributed by atoms with E-state index in [0.717, 1.165) is 5.39 Å². The second-order valence-electron chi connectivity index (χ2n) is 3.25. The van der Waals surface area contributed by atoms with E-state index in [1.807, 2.05) is 6.92 Å². The van der Waals surface area contributed by atoms with E-state index in [0.29, 0.717) is 17.9 Å². The molecule has 0 unspecified atom stereocenters. The normalized spacial score (nSPS) is 10.4. The zero-order chi connectivity index (χ0) is 11.5. The van der Waals surface area contributed by atoms with Gasteiger partial charge in [-0.2, -0.15) is 0 Å². The van der Waals surface area contributed by atoms with Crippen LogP contribution >= 0.6 is 0 Å². The number of hydrogen-bond donors (Lipinski definition) is 2. The molecule has 1 aromatic carbocycles. The number of ether oxygens (including phenoxy) is 1. The van der Waals surface area contributed by atoms with Crippen LogP contribution in [0.15, 0.2) is 24.3 Å². The van der Waals surface area contributed by atoms with Gasteiger partial charge in [0, 0.05) is 11.5 Å². The van der Waals surface area contributed by atoms with Crippen LogP contribution in [-0.4, -0.2) is 11.6 Å². The molecule has 0 aliphatic heterocycles. The maximum atomic E-state index is 13.5. The Morgan fingerprint density at radius 1 is 1.44 bits per heavy atom. The van der Waals surface area contributed by atoms with E-state index in [-0.39, 0.29) is 5.75 Å². The number of nitrogens with zero attached hydrogens (tertiary/aromatic N) is 1. The number of halogens is 1. The highest BCUT2D eigenvalue weighted by Gasteiger charge is 2.06. The third-order valence-corrected chi connectivity index (χ3v) is 2.19. The summed E-state index contributed by atoms with van der Waals surface area (Å²) in [5.41, 5.74) is 2.95. The fourth-order valence-electron chi connectivity index (χ4n) is 1.47. The van der Waals surface area contributed by atoms with E-state index in [1.54, 1.807) is 18.2 Å². The van der Waals surface area contributed by atoms with E-state index in [1.165, 1.54) is 6.07 Å². The first-order chi connectivity index (χ1) is 7.74. The van der Waals surface area contributed by atoms with E-state index >= 15 is 0 Å². The van der Waals surface area contributed by atoms with Crippen LogP contribution in [0.4, 0.5) is 10.2 Å². The standard InChI is InChI=1S/C11H12FN3O/c1-2-16-10-5-7-3-4-11(15-13)14-9(7)6-8(10)12/h3-6H,2,13H2,1H3,(H,14,15). The predicted octanol–water partition coefficient (Wildman–Crippen LogP) is 2.06. The Bertz CT molecular complexity index is 516. The maximum Gasteiger partial charge on any atom is 0.167 e. The van der Waals surface area contributed by atoms with E-state index in [4.69, 9.17) is 10.6 Å². The van der Waals surface area contributed by atoms with Gasteiger partial charge in [-0.25, -0.2) is 15.2 Å². The lowest BCUT2D eigenvalue weighted by molar-refractivity contribution is 0.322. The van der Waals surface area contributed by atoms with Crippen LogP contribution in [0.1, 0.15) is 6.92 Å². The SMILES string of the molecule is CCOc1cc2ccc(NN)nc2cc1F. The highest BCUT2D eigenvalue weighted by molar-refractivity contribution is 5.81. The molecule has 1 aromatic heterocycles. The number of aromatic nitrogens is 1. The Balaban J connectivity index is 2.55. The average Bonchev–Trinajstić information content (AvgIpc) is 2.30. The quantitative estimate of drug-likeness (QED) is 0.615. The summed E-state index contributed by atoms with van der Waals surface area (Å²) < 4.78 is 18.7. The number of hydrazine groups is 1. The van der Waals surface area contributed by atoms with Crippen molar-refractivity contribution in [2.75, 3.05) is 12.0 Å². The summed E-state index contributed by atoms with van der Waals surface area (Å²) in [4.78, 5) is 4.12. The van der Waals surface area contributed by atoms with Gasteiger partial charge in [-0.1, -0.05) is 0 Å². The molecule has 0 spiro atoms. The number of nitrogen functional groups attached to an aromatic ring is 1. The molecule has 2 rings (SSSR count). The Morgan fingerprint density at radius 2 is 2.25 bits per heavy atom. The molecule has 16 heavy (non-hydrogen) atoms. The summed E-state index contributed by atoms with van der Waals surface area (Å²) in [6.45, 7) is 2.24. The summed E-state index contributed by atoms with van der Waals surface area (Å²) in [6.07, 6.45) is 0. The number of anilines is 1. The topological polar surface area (TPSA) is 60.2 Å². The highest BCUT2D eigenvalue weighted by Crippen LogP contribution is 2.24. The molecule has 3 N–H and O–H groups in total. The zero-order valence-corrected chi connectivity index (χ0v) is 8.83. The predicted molar refractivity (Wildman–Crippen MR) is 60.7 cm³/mol. The lowest BCUT2D eigenvalue weighted by Crippen LogP contribution is -2.08. The van der Waals surface area contributed by atoms with Gasteiger partial charge < -0.3 is 10.2 Å². The molecule has 0 atom stereocenters. The summed E-state index contributed by atoms with van der Waals surface area (Å²) in [5.74, 6) is 5.54. The fourth-order valence-corrected chi connectivity index (χ4v) is 1.47. The number of pyridine rings is 1. The summed E-state index contributed by atoms with van der Waals surface area (Å²) >= 11 is 0. The molecule has 0 amide bonds. The third kappa shape index (κ3) is 1.90. The van der Waals surface area contributed by atoms with Gasteiger partial charge in [0.25, 0.3) is 0 Å². The molecular weight excluding hydrogens is 209 g/mol. The second-order valence-corrected chi connectivity index (χ2v) is 3.25. The number of benzene rings is 1. The first-order valence-electron chi connectivity index (χ1n) is 4.94. The summed E-state index contributed by atoms with van der Waals surface area (Å²) in [7, 11) is 0. The van der Waals surface area contributed by atoms with Gasteiger partial charge in [0.15, 0.2) is 11.6 Å². The average molecular weight is 221 g/mol. The molecule has 4 nitrogen and oxygen atoms in total. The summed E-state index contributed by atoms with van der Waals surface area (Å²) in [5, 5.41) is 0.809. The monoisotopic (exact) mass is 221 g/mol. The van der Waals surface area contributed by atoms with Crippen LogP contribution in [0.25, 0.3) is 10.9 Å². The van der Waals surface area contributed by atoms with Crippen LogP contribution < -0.4 is 16.0 Å². The number of fused-ring (bicyclic) bond motifs is 1. The van der Waals surface area contributed by atoms with Crippen molar-refractivity contribution in [3.05, 3.63) is 30.1 Å². The van der Waals surface area contributed by atoms with Gasteiger partial charge in [-0.3, -0.25) is 0 Å². The van der Waals surface area contributed by atoms with Crippen molar-refractivity contribution in [3.8, 4) is 5.75 Å². The largest absolute Gasteiger partial charge is 0.491 e. The minimum Gasteiger partial charge on any atom is -0.491 e. The van der Waals surface area contributed by atoms with Crippen molar-refractivity contribution in [1.82, 2.24) is 4.98 Å². The van der Waals surface area contributed by atoms with Gasteiger partial charge in [-0.05, 0) is 25.1 Å². The Morgan fingerprint density at radius 3 is 2.94 bits per heavy atom. The molecule has 0 aliphatic rings. The van der Waals surface area contributed by atoms with Gasteiger partial charge in [0.1, 0.15) is 5.82 Å². The van der Waals surface area contributed by atoms with Crippen molar-refractivity contribution < 1.29 is 9.13 Å². The summed E-state index contributed by atoms with van der Waals surface area (Å²) in [6, 6.07) is 6.48. The molecule has 1 heterocycles. The molecule has 5 heteroatoms. The van der Waals surface area contributed by atoms with Gasteiger partial charge in [0.05, 0.1) is 12.1 Å². The Hall–Kier alpha value is -1.88. The highest BCUT2D eigenvalue weighted by atomic mass is 19.1. The lowest BCUT2D eigenvalue weighted by atomic mass is 10.2. The molecule has 0 saturated carbocycles. The van der Waals surface area contributed by atoms with E-state index < -0.39 is 5.82 Å². The smallest absolute Gasteiger partial charge is 0.167 e. The maximum absolute atomic E-state index is 13.5. The van der Waals surface area contributed by atoms with E-state index in [2.05, 4.69) is 10.4 Å². The number of hydrogen-bond acceptors (Lipinski definition) is 4. The molecule has 0 saturated heterocycles. The van der Waals surface area contributed by atoms with Crippen molar-refractivity contribution in [2.24, 2.45) is 5.84 Å². The fraction of sp³-hybridized carbons (Fsp3) is 0.182. The van der Waals surface area contributed by atoms with Crippen LogP contribution in [-0.2, 0) is 0 Å². The molecule has 0 aliphatic carbocycles. The van der Waals surface area contributed by atoms with Gasteiger partial charge in [0.2, 0.25) is 0 Å². The molecule has 84 valence electrons. The third-order valence-electron chi connectivity index (χ3n) is 2.19. The molecule has 0 radical (unpaired) electrons. The first kappa shape index (κ1) is 10.6. The number of nitrogens with one attached hydrogen (secondary N) is 1. The Kier molecular flexibility index (Phi) is 2.87. The van der Waals surface area contributed by atoms with Crippen molar-refractivity contribution >= 4 is 16.7 Å². The van der Waals surface area contributed by atoms with Crippen molar-refractivity contribution in [3.63, 3.8) is 0 Å². The van der Waals surface area contributed by atoms with Crippen LogP contribution in [0.2, 0.25) is 0 Å². The van der Waals surface area contributed by atoms with Gasteiger partial charge in [-0.15, -0.1) is 0 Å². The molecular formula is C11H12FN3O. The Labute approximate surface area is 92.2 Å². The minimum atomic E-state index is -0.420. The number of nitrogens with two attached hydrogens (primary N) is 1. The molecule has 2 aromatic rings. The minimum absolute atomic E-state index is 0.241.